The number of ether oxygens (including phenoxy) is 1. The summed E-state index contributed by atoms with van der Waals surface area (Å²) in [5, 5.41) is 0. The minimum absolute atomic E-state index is 0.0332. The normalized spacial score (nSPS) is 17.4. The fourth-order valence-electron chi connectivity index (χ4n) is 2.73. The first-order valence-corrected chi connectivity index (χ1v) is 7.44. The summed E-state index contributed by atoms with van der Waals surface area (Å²) < 4.78 is 11.5. The number of rotatable bonds is 5. The third-order valence-corrected chi connectivity index (χ3v) is 4.00. The highest BCUT2D eigenvalue weighted by Gasteiger charge is 2.23. The van der Waals surface area contributed by atoms with Gasteiger partial charge in [0, 0.05) is 5.92 Å². The molecule has 20 heavy (non-hydrogen) atoms. The molecule has 1 saturated carbocycles. The first kappa shape index (κ1) is 13.4. The zero-order chi connectivity index (χ0) is 13.8. The van der Waals surface area contributed by atoms with Crippen molar-refractivity contribution in [3.63, 3.8) is 0 Å². The molecule has 0 radical (unpaired) electrons. The van der Waals surface area contributed by atoms with E-state index in [-0.39, 0.29) is 6.10 Å². The highest BCUT2D eigenvalue weighted by Crippen LogP contribution is 2.34. The molecule has 3 nitrogen and oxygen atoms in total. The molecule has 3 rings (SSSR count). The van der Waals surface area contributed by atoms with Crippen molar-refractivity contribution in [2.45, 2.75) is 51.2 Å². The van der Waals surface area contributed by atoms with E-state index in [0.29, 0.717) is 12.5 Å². The van der Waals surface area contributed by atoms with Crippen molar-refractivity contribution >= 4 is 0 Å². The maximum atomic E-state index is 5.87. The lowest BCUT2D eigenvalue weighted by Crippen LogP contribution is -2.02. The Kier molecular flexibility index (Phi) is 4.16. The minimum atomic E-state index is -0.0332. The van der Waals surface area contributed by atoms with Gasteiger partial charge < -0.3 is 9.15 Å². The zero-order valence-electron chi connectivity index (χ0n) is 11.9. The maximum absolute atomic E-state index is 5.87. The van der Waals surface area contributed by atoms with Crippen LogP contribution in [-0.4, -0.2) is 4.98 Å². The van der Waals surface area contributed by atoms with Crippen LogP contribution in [0.3, 0.4) is 0 Å². The van der Waals surface area contributed by atoms with Crippen LogP contribution in [0, 0.1) is 0 Å². The summed E-state index contributed by atoms with van der Waals surface area (Å²) in [6, 6.07) is 10.2. The summed E-state index contributed by atoms with van der Waals surface area (Å²) in [6.07, 6.45) is 6.72. The Hall–Kier alpha value is -1.61. The molecule has 1 fully saturated rings. The topological polar surface area (TPSA) is 35.3 Å². The average Bonchev–Trinajstić information content (AvgIpc) is 3.16. The average molecular weight is 271 g/mol. The van der Waals surface area contributed by atoms with E-state index in [9.17, 15) is 0 Å². The van der Waals surface area contributed by atoms with Gasteiger partial charge >= 0.3 is 0 Å². The Balaban J connectivity index is 1.58. The molecule has 0 spiro atoms. The van der Waals surface area contributed by atoms with Crippen LogP contribution in [0.1, 0.15) is 61.8 Å². The molecule has 1 heterocycles. The number of aromatic nitrogens is 1. The van der Waals surface area contributed by atoms with Gasteiger partial charge in [0.25, 0.3) is 0 Å². The van der Waals surface area contributed by atoms with Gasteiger partial charge in [0.1, 0.15) is 18.1 Å². The van der Waals surface area contributed by atoms with Gasteiger partial charge in [0.05, 0.1) is 6.61 Å². The van der Waals surface area contributed by atoms with E-state index in [1.807, 2.05) is 25.1 Å². The second kappa shape index (κ2) is 6.23. The van der Waals surface area contributed by atoms with Crippen LogP contribution in [-0.2, 0) is 11.3 Å². The van der Waals surface area contributed by atoms with Crippen molar-refractivity contribution in [2.24, 2.45) is 0 Å². The molecule has 0 N–H and O–H groups in total. The van der Waals surface area contributed by atoms with E-state index in [1.165, 1.54) is 31.2 Å². The van der Waals surface area contributed by atoms with Gasteiger partial charge in [-0.25, -0.2) is 4.98 Å². The number of nitrogens with zero attached hydrogens (tertiary/aromatic N) is 1. The van der Waals surface area contributed by atoms with Crippen molar-refractivity contribution < 1.29 is 9.15 Å². The molecule has 1 aliphatic rings. The standard InChI is InChI=1S/C17H21NO2/c1-13(19-11-14-7-3-2-4-8-14)16-12-20-17(18-16)15-9-5-6-10-15/h2-4,7-8,12-13,15H,5-6,9-11H2,1H3. The lowest BCUT2D eigenvalue weighted by atomic mass is 10.1. The lowest BCUT2D eigenvalue weighted by Gasteiger charge is -2.10. The molecule has 0 aliphatic heterocycles. The van der Waals surface area contributed by atoms with Gasteiger partial charge in [0.2, 0.25) is 0 Å². The summed E-state index contributed by atoms with van der Waals surface area (Å²) in [6.45, 7) is 2.63. The van der Waals surface area contributed by atoms with Gasteiger partial charge in [-0.3, -0.25) is 0 Å². The molecule has 1 unspecified atom stereocenters. The van der Waals surface area contributed by atoms with Gasteiger partial charge in [-0.1, -0.05) is 43.2 Å². The highest BCUT2D eigenvalue weighted by atomic mass is 16.5. The van der Waals surface area contributed by atoms with Crippen LogP contribution in [0.15, 0.2) is 41.0 Å². The van der Waals surface area contributed by atoms with E-state index < -0.39 is 0 Å². The molecular weight excluding hydrogens is 250 g/mol. The van der Waals surface area contributed by atoms with E-state index in [0.717, 1.165) is 11.6 Å². The van der Waals surface area contributed by atoms with Crippen molar-refractivity contribution in [1.29, 1.82) is 0 Å². The van der Waals surface area contributed by atoms with Crippen LogP contribution in [0.5, 0.6) is 0 Å². The van der Waals surface area contributed by atoms with Crippen LogP contribution in [0.25, 0.3) is 0 Å². The highest BCUT2D eigenvalue weighted by molar-refractivity contribution is 5.13. The van der Waals surface area contributed by atoms with E-state index >= 15 is 0 Å². The molecule has 0 saturated heterocycles. The summed E-state index contributed by atoms with van der Waals surface area (Å²) in [5.74, 6) is 1.41. The summed E-state index contributed by atoms with van der Waals surface area (Å²) in [7, 11) is 0. The fraction of sp³-hybridized carbons (Fsp3) is 0.471. The molecule has 106 valence electrons. The second-order valence-electron chi connectivity index (χ2n) is 5.53. The SMILES string of the molecule is CC(OCc1ccccc1)c1coc(C2CCCC2)n1. The molecule has 0 bridgehead atoms. The molecule has 1 aromatic carbocycles. The maximum Gasteiger partial charge on any atom is 0.197 e. The fourth-order valence-corrected chi connectivity index (χ4v) is 2.73. The van der Waals surface area contributed by atoms with Gasteiger partial charge in [-0.2, -0.15) is 0 Å². The minimum Gasteiger partial charge on any atom is -0.448 e. The predicted molar refractivity (Wildman–Crippen MR) is 77.4 cm³/mol. The molecular formula is C17H21NO2. The number of hydrogen-bond donors (Lipinski definition) is 0. The Morgan fingerprint density at radius 3 is 2.75 bits per heavy atom. The quantitative estimate of drug-likeness (QED) is 0.796. The van der Waals surface area contributed by atoms with Crippen LogP contribution < -0.4 is 0 Å². The van der Waals surface area contributed by atoms with Gasteiger partial charge in [-0.05, 0) is 25.3 Å². The third kappa shape index (κ3) is 3.10. The Labute approximate surface area is 120 Å². The molecule has 2 aromatic rings. The summed E-state index contributed by atoms with van der Waals surface area (Å²) in [4.78, 5) is 4.61. The summed E-state index contributed by atoms with van der Waals surface area (Å²) >= 11 is 0. The van der Waals surface area contributed by atoms with Crippen LogP contribution >= 0.6 is 0 Å². The molecule has 1 aromatic heterocycles. The van der Waals surface area contributed by atoms with Crippen molar-refractivity contribution in [2.75, 3.05) is 0 Å². The first-order valence-electron chi connectivity index (χ1n) is 7.44. The molecule has 1 atom stereocenters. The van der Waals surface area contributed by atoms with Crippen LogP contribution in [0.2, 0.25) is 0 Å². The van der Waals surface area contributed by atoms with Gasteiger partial charge in [0.15, 0.2) is 5.89 Å². The van der Waals surface area contributed by atoms with Crippen LogP contribution in [0.4, 0.5) is 0 Å². The molecule has 1 aliphatic carbocycles. The Morgan fingerprint density at radius 1 is 1.25 bits per heavy atom. The van der Waals surface area contributed by atoms with E-state index in [1.54, 1.807) is 6.26 Å². The van der Waals surface area contributed by atoms with E-state index in [2.05, 4.69) is 17.1 Å². The molecule has 0 amide bonds. The predicted octanol–water partition coefficient (Wildman–Crippen LogP) is 4.61. The third-order valence-electron chi connectivity index (χ3n) is 4.00. The first-order chi connectivity index (χ1) is 9.83. The van der Waals surface area contributed by atoms with Crippen molar-refractivity contribution in [3.8, 4) is 0 Å². The smallest absolute Gasteiger partial charge is 0.197 e. The summed E-state index contributed by atoms with van der Waals surface area (Å²) in [5.41, 5.74) is 2.08. The Morgan fingerprint density at radius 2 is 2.00 bits per heavy atom. The van der Waals surface area contributed by atoms with E-state index in [4.69, 9.17) is 9.15 Å². The van der Waals surface area contributed by atoms with Crippen molar-refractivity contribution in [1.82, 2.24) is 4.98 Å². The number of oxazole rings is 1. The largest absolute Gasteiger partial charge is 0.448 e. The zero-order valence-corrected chi connectivity index (χ0v) is 11.9. The molecule has 3 heteroatoms. The second-order valence-corrected chi connectivity index (χ2v) is 5.53. The lowest BCUT2D eigenvalue weighted by molar-refractivity contribution is 0.0497. The number of hydrogen-bond acceptors (Lipinski definition) is 3. The monoisotopic (exact) mass is 271 g/mol. The van der Waals surface area contributed by atoms with Crippen molar-refractivity contribution in [3.05, 3.63) is 53.7 Å². The van der Waals surface area contributed by atoms with Gasteiger partial charge in [-0.15, -0.1) is 0 Å². The Bertz CT molecular complexity index is 529. The number of benzene rings is 1.